The van der Waals surface area contributed by atoms with Crippen LogP contribution in [0.4, 0.5) is 0 Å². The van der Waals surface area contributed by atoms with Crippen LogP contribution in [-0.4, -0.2) is 15.0 Å². The van der Waals surface area contributed by atoms with E-state index < -0.39 is 0 Å². The number of pyridine rings is 3. The lowest BCUT2D eigenvalue weighted by molar-refractivity contribution is 1.27. The minimum atomic E-state index is 0.602. The van der Waals surface area contributed by atoms with E-state index in [1.165, 1.54) is 0 Å². The smallest absolute Gasteiger partial charge is 0.0991 e. The van der Waals surface area contributed by atoms with Crippen molar-refractivity contribution >= 4 is 0 Å². The van der Waals surface area contributed by atoms with Gasteiger partial charge < -0.3 is 0 Å². The Hall–Kier alpha value is -6.96. The first-order chi connectivity index (χ1) is 24.7. The Labute approximate surface area is 291 Å². The van der Waals surface area contributed by atoms with E-state index >= 15 is 0 Å². The van der Waals surface area contributed by atoms with Gasteiger partial charge in [-0.3, -0.25) is 0 Å². The lowest BCUT2D eigenvalue weighted by Crippen LogP contribution is -1.96. The molecule has 234 valence electrons. The summed E-state index contributed by atoms with van der Waals surface area (Å²) in [6, 6.07) is 63.6. The number of aromatic nitrogens is 3. The zero-order valence-corrected chi connectivity index (χ0v) is 27.1. The number of nitrogens with zero attached hydrogens (tertiary/aromatic N) is 4. The van der Waals surface area contributed by atoms with Gasteiger partial charge in [-0.1, -0.05) is 133 Å². The molecule has 0 fully saturated rings. The third kappa shape index (κ3) is 6.44. The molecule has 0 spiro atoms. The van der Waals surface area contributed by atoms with E-state index in [2.05, 4.69) is 91.0 Å². The molecule has 3 heterocycles. The summed E-state index contributed by atoms with van der Waals surface area (Å²) >= 11 is 0. The average molecular weight is 639 g/mol. The van der Waals surface area contributed by atoms with Crippen molar-refractivity contribution in [2.24, 2.45) is 0 Å². The highest BCUT2D eigenvalue weighted by Gasteiger charge is 2.16. The number of benzene rings is 5. The lowest BCUT2D eigenvalue weighted by atomic mass is 9.96. The molecule has 0 aliphatic rings. The van der Waals surface area contributed by atoms with Crippen molar-refractivity contribution in [3.05, 3.63) is 188 Å². The normalized spacial score (nSPS) is 10.8. The van der Waals surface area contributed by atoms with Gasteiger partial charge in [0.25, 0.3) is 0 Å². The fourth-order valence-corrected chi connectivity index (χ4v) is 6.15. The second kappa shape index (κ2) is 13.6. The molecule has 0 bridgehead atoms. The SMILES string of the molecule is N#Cc1cccc(-c2cc(-c3cc(-c4ccccc4)nc(-c4ccccc4)c3)nc(-c3cc(-c4ccccc4)nc(-c4ccccc4)c3)c2)c1. The third-order valence-electron chi connectivity index (χ3n) is 8.67. The van der Waals surface area contributed by atoms with Crippen molar-refractivity contribution in [3.8, 4) is 84.7 Å². The average Bonchev–Trinajstić information content (AvgIpc) is 3.21. The van der Waals surface area contributed by atoms with Crippen molar-refractivity contribution in [2.75, 3.05) is 0 Å². The number of rotatable bonds is 7. The molecular formula is C46H30N4. The lowest BCUT2D eigenvalue weighted by Gasteiger charge is -2.14. The van der Waals surface area contributed by atoms with Crippen LogP contribution >= 0.6 is 0 Å². The topological polar surface area (TPSA) is 62.5 Å². The van der Waals surface area contributed by atoms with Crippen LogP contribution in [0.1, 0.15) is 5.56 Å². The first kappa shape index (κ1) is 30.4. The van der Waals surface area contributed by atoms with Crippen molar-refractivity contribution in [1.29, 1.82) is 5.26 Å². The summed E-state index contributed by atoms with van der Waals surface area (Å²) in [5.74, 6) is 0. The molecule has 50 heavy (non-hydrogen) atoms. The first-order valence-electron chi connectivity index (χ1n) is 16.5. The first-order valence-corrected chi connectivity index (χ1v) is 16.5. The Bertz CT molecular complexity index is 2210. The molecule has 8 aromatic rings. The molecule has 0 amide bonds. The van der Waals surface area contributed by atoms with Gasteiger partial charge in [0, 0.05) is 33.4 Å². The summed E-state index contributed by atoms with van der Waals surface area (Å²) in [5, 5.41) is 9.75. The zero-order valence-electron chi connectivity index (χ0n) is 27.1. The molecule has 4 nitrogen and oxygen atoms in total. The molecule has 0 radical (unpaired) electrons. The van der Waals surface area contributed by atoms with Gasteiger partial charge in [-0.05, 0) is 59.7 Å². The quantitative estimate of drug-likeness (QED) is 0.174. The molecule has 0 saturated carbocycles. The van der Waals surface area contributed by atoms with Crippen LogP contribution in [0.25, 0.3) is 78.7 Å². The Balaban J connectivity index is 1.38. The highest BCUT2D eigenvalue weighted by Crippen LogP contribution is 2.36. The Morgan fingerprint density at radius 2 is 0.580 bits per heavy atom. The molecule has 5 aromatic carbocycles. The maximum absolute atomic E-state index is 9.75. The molecule has 8 rings (SSSR count). The van der Waals surface area contributed by atoms with Crippen LogP contribution in [0, 0.1) is 11.3 Å². The van der Waals surface area contributed by atoms with Crippen molar-refractivity contribution in [1.82, 2.24) is 15.0 Å². The monoisotopic (exact) mass is 638 g/mol. The fraction of sp³-hybridized carbons (Fsp3) is 0. The van der Waals surface area contributed by atoms with Gasteiger partial charge in [-0.25, -0.2) is 15.0 Å². The highest BCUT2D eigenvalue weighted by atomic mass is 14.8. The van der Waals surface area contributed by atoms with Crippen molar-refractivity contribution in [3.63, 3.8) is 0 Å². The number of hydrogen-bond acceptors (Lipinski definition) is 4. The van der Waals surface area contributed by atoms with Crippen LogP contribution < -0.4 is 0 Å². The van der Waals surface area contributed by atoms with E-state index in [0.717, 1.165) is 78.7 Å². The van der Waals surface area contributed by atoms with Gasteiger partial charge in [0.05, 0.1) is 45.8 Å². The largest absolute Gasteiger partial charge is 0.248 e. The molecule has 4 heteroatoms. The van der Waals surface area contributed by atoms with E-state index in [1.54, 1.807) is 0 Å². The Kier molecular flexibility index (Phi) is 8.29. The number of hydrogen-bond donors (Lipinski definition) is 0. The summed E-state index contributed by atoms with van der Waals surface area (Å²) in [4.78, 5) is 15.6. The van der Waals surface area contributed by atoms with Gasteiger partial charge in [-0.15, -0.1) is 0 Å². The van der Waals surface area contributed by atoms with Gasteiger partial charge >= 0.3 is 0 Å². The van der Waals surface area contributed by atoms with Crippen LogP contribution in [0.5, 0.6) is 0 Å². The standard InChI is InChI=1S/C46H30N4/c47-31-32-14-13-23-37(24-32)38-25-45(39-27-41(33-15-5-1-6-16-33)48-42(28-39)34-17-7-2-8-18-34)50-46(26-38)40-29-43(35-19-9-3-10-20-35)49-44(30-40)36-21-11-4-12-22-36/h1-30H. The molecule has 0 saturated heterocycles. The van der Waals surface area contributed by atoms with Crippen LogP contribution in [0.2, 0.25) is 0 Å². The third-order valence-corrected chi connectivity index (χ3v) is 8.67. The molecule has 0 atom stereocenters. The van der Waals surface area contributed by atoms with Crippen LogP contribution in [-0.2, 0) is 0 Å². The van der Waals surface area contributed by atoms with Crippen LogP contribution in [0.15, 0.2) is 182 Å². The maximum atomic E-state index is 9.75. The van der Waals surface area contributed by atoms with Crippen LogP contribution in [0.3, 0.4) is 0 Å². The fourth-order valence-electron chi connectivity index (χ4n) is 6.15. The number of nitriles is 1. The molecule has 0 aliphatic heterocycles. The summed E-state index contributed by atoms with van der Waals surface area (Å²) in [6.07, 6.45) is 0. The molecule has 0 unspecified atom stereocenters. The predicted molar refractivity (Wildman–Crippen MR) is 203 cm³/mol. The van der Waals surface area contributed by atoms with E-state index in [4.69, 9.17) is 15.0 Å². The summed E-state index contributed by atoms with van der Waals surface area (Å²) in [6.45, 7) is 0. The predicted octanol–water partition coefficient (Wildman–Crippen LogP) is 11.4. The van der Waals surface area contributed by atoms with Gasteiger partial charge in [0.15, 0.2) is 0 Å². The highest BCUT2D eigenvalue weighted by molar-refractivity contribution is 5.83. The van der Waals surface area contributed by atoms with Crippen molar-refractivity contribution < 1.29 is 0 Å². The molecule has 0 N–H and O–H groups in total. The van der Waals surface area contributed by atoms with E-state index in [9.17, 15) is 5.26 Å². The molecule has 0 aliphatic carbocycles. The summed E-state index contributed by atoms with van der Waals surface area (Å²) in [5.41, 5.74) is 13.6. The molecule has 3 aromatic heterocycles. The second-order valence-electron chi connectivity index (χ2n) is 12.0. The van der Waals surface area contributed by atoms with E-state index in [-0.39, 0.29) is 0 Å². The zero-order chi connectivity index (χ0) is 33.7. The minimum absolute atomic E-state index is 0.602. The van der Waals surface area contributed by atoms with Crippen molar-refractivity contribution in [2.45, 2.75) is 0 Å². The summed E-state index contributed by atoms with van der Waals surface area (Å²) in [7, 11) is 0. The Morgan fingerprint density at radius 3 is 0.920 bits per heavy atom. The Morgan fingerprint density at radius 1 is 0.280 bits per heavy atom. The minimum Gasteiger partial charge on any atom is -0.248 e. The van der Waals surface area contributed by atoms with Gasteiger partial charge in [0.2, 0.25) is 0 Å². The van der Waals surface area contributed by atoms with Gasteiger partial charge in [-0.2, -0.15) is 5.26 Å². The molecular weight excluding hydrogens is 609 g/mol. The summed E-state index contributed by atoms with van der Waals surface area (Å²) < 4.78 is 0. The second-order valence-corrected chi connectivity index (χ2v) is 12.0. The maximum Gasteiger partial charge on any atom is 0.0991 e. The van der Waals surface area contributed by atoms with Gasteiger partial charge in [0.1, 0.15) is 0 Å². The van der Waals surface area contributed by atoms with E-state index in [0.29, 0.717) is 5.56 Å². The van der Waals surface area contributed by atoms with E-state index in [1.807, 2.05) is 97.1 Å².